The molecule has 5 nitrogen and oxygen atoms in total. The summed E-state index contributed by atoms with van der Waals surface area (Å²) in [6.07, 6.45) is 1.20. The lowest BCUT2D eigenvalue weighted by Crippen LogP contribution is -2.48. The third-order valence-electron chi connectivity index (χ3n) is 3.63. The van der Waals surface area contributed by atoms with Gasteiger partial charge in [-0.1, -0.05) is 39.0 Å². The van der Waals surface area contributed by atoms with Crippen LogP contribution in [0.2, 0.25) is 0 Å². The number of carbonyl (C=O) groups excluding carboxylic acids is 1. The molecule has 1 aliphatic heterocycles. The highest BCUT2D eigenvalue weighted by molar-refractivity contribution is 6.01. The molecule has 0 bridgehead atoms. The molecule has 1 unspecified atom stereocenters. The molecule has 0 aromatic heterocycles. The first-order valence-electron chi connectivity index (χ1n) is 7.17. The maximum absolute atomic E-state index is 12.4. The highest BCUT2D eigenvalue weighted by Gasteiger charge is 2.38. The van der Waals surface area contributed by atoms with E-state index in [9.17, 15) is 14.7 Å². The van der Waals surface area contributed by atoms with Crippen LogP contribution in [0.1, 0.15) is 32.8 Å². The van der Waals surface area contributed by atoms with E-state index in [4.69, 9.17) is 0 Å². The molecule has 1 atom stereocenters. The van der Waals surface area contributed by atoms with Gasteiger partial charge in [0.1, 0.15) is 6.04 Å². The first-order chi connectivity index (χ1) is 9.79. The van der Waals surface area contributed by atoms with Crippen molar-refractivity contribution in [2.24, 2.45) is 5.41 Å². The van der Waals surface area contributed by atoms with Gasteiger partial charge < -0.3 is 10.4 Å². The SMILES string of the molecule is CC(C)(C)CCNC(=O)N1c2ccccc2CC1C(=O)O. The average Bonchev–Trinajstić information content (AvgIpc) is 2.76. The Labute approximate surface area is 125 Å². The molecule has 1 aromatic carbocycles. The van der Waals surface area contributed by atoms with E-state index in [1.807, 2.05) is 18.2 Å². The average molecular weight is 290 g/mol. The second-order valence-corrected chi connectivity index (χ2v) is 6.60. The lowest BCUT2D eigenvalue weighted by molar-refractivity contribution is -0.138. The van der Waals surface area contributed by atoms with Crippen LogP contribution in [0.3, 0.4) is 0 Å². The smallest absolute Gasteiger partial charge is 0.327 e. The number of benzene rings is 1. The fraction of sp³-hybridized carbons (Fsp3) is 0.500. The number of carboxylic acid groups (broad SMARTS) is 1. The number of rotatable bonds is 3. The van der Waals surface area contributed by atoms with Crippen LogP contribution in [-0.4, -0.2) is 29.7 Å². The van der Waals surface area contributed by atoms with Crippen LogP contribution in [0, 0.1) is 5.41 Å². The summed E-state index contributed by atoms with van der Waals surface area (Å²) in [5, 5.41) is 12.2. The first-order valence-corrected chi connectivity index (χ1v) is 7.17. The molecule has 2 N–H and O–H groups in total. The number of nitrogens with zero attached hydrogens (tertiary/aromatic N) is 1. The Morgan fingerprint density at radius 3 is 2.62 bits per heavy atom. The number of carbonyl (C=O) groups is 2. The summed E-state index contributed by atoms with van der Waals surface area (Å²) in [4.78, 5) is 25.1. The summed E-state index contributed by atoms with van der Waals surface area (Å²) >= 11 is 0. The zero-order valence-corrected chi connectivity index (χ0v) is 12.7. The standard InChI is InChI=1S/C16H22N2O3/c1-16(2,3)8-9-17-15(21)18-12-7-5-4-6-11(12)10-13(18)14(19)20/h4-7,13H,8-10H2,1-3H3,(H,17,21)(H,19,20). The third kappa shape index (κ3) is 3.54. The van der Waals surface area contributed by atoms with Gasteiger partial charge in [-0.05, 0) is 23.5 Å². The second-order valence-electron chi connectivity index (χ2n) is 6.60. The molecule has 1 heterocycles. The molecule has 1 aliphatic rings. The van der Waals surface area contributed by atoms with Crippen molar-refractivity contribution in [2.45, 2.75) is 39.7 Å². The van der Waals surface area contributed by atoms with Crippen molar-refractivity contribution >= 4 is 17.7 Å². The van der Waals surface area contributed by atoms with Gasteiger partial charge in [0.15, 0.2) is 0 Å². The molecule has 0 saturated carbocycles. The van der Waals surface area contributed by atoms with Crippen LogP contribution in [0.5, 0.6) is 0 Å². The van der Waals surface area contributed by atoms with Gasteiger partial charge in [0.25, 0.3) is 0 Å². The molecule has 0 aliphatic carbocycles. The van der Waals surface area contributed by atoms with Gasteiger partial charge in [0, 0.05) is 18.7 Å². The molecular weight excluding hydrogens is 268 g/mol. The van der Waals surface area contributed by atoms with E-state index < -0.39 is 12.0 Å². The second kappa shape index (κ2) is 5.76. The van der Waals surface area contributed by atoms with Crippen LogP contribution in [0.15, 0.2) is 24.3 Å². The minimum Gasteiger partial charge on any atom is -0.480 e. The predicted molar refractivity (Wildman–Crippen MR) is 81.5 cm³/mol. The van der Waals surface area contributed by atoms with Crippen molar-refractivity contribution in [2.75, 3.05) is 11.4 Å². The molecule has 0 fully saturated rings. The van der Waals surface area contributed by atoms with Crippen LogP contribution < -0.4 is 10.2 Å². The molecule has 0 radical (unpaired) electrons. The number of hydrogen-bond acceptors (Lipinski definition) is 2. The lowest BCUT2D eigenvalue weighted by Gasteiger charge is -2.24. The van der Waals surface area contributed by atoms with Gasteiger partial charge in [-0.3, -0.25) is 4.90 Å². The summed E-state index contributed by atoms with van der Waals surface area (Å²) in [5.74, 6) is -0.975. The highest BCUT2D eigenvalue weighted by Crippen LogP contribution is 2.32. The minimum absolute atomic E-state index is 0.127. The van der Waals surface area contributed by atoms with E-state index in [0.717, 1.165) is 12.0 Å². The minimum atomic E-state index is -0.975. The quantitative estimate of drug-likeness (QED) is 0.899. The molecular formula is C16H22N2O3. The number of carboxylic acids is 1. The van der Waals surface area contributed by atoms with Crippen molar-refractivity contribution in [3.63, 3.8) is 0 Å². The number of nitrogens with one attached hydrogen (secondary N) is 1. The number of hydrogen-bond donors (Lipinski definition) is 2. The Hall–Kier alpha value is -2.04. The van der Waals surface area contributed by atoms with E-state index in [-0.39, 0.29) is 11.4 Å². The van der Waals surface area contributed by atoms with Crippen LogP contribution in [-0.2, 0) is 11.2 Å². The fourth-order valence-electron chi connectivity index (χ4n) is 2.46. The van der Waals surface area contributed by atoms with E-state index in [0.29, 0.717) is 18.7 Å². The Bertz CT molecular complexity index is 549. The van der Waals surface area contributed by atoms with Gasteiger partial charge >= 0.3 is 12.0 Å². The molecule has 0 saturated heterocycles. The molecule has 0 spiro atoms. The molecule has 5 heteroatoms. The van der Waals surface area contributed by atoms with Gasteiger partial charge in [0.2, 0.25) is 0 Å². The van der Waals surface area contributed by atoms with E-state index in [1.165, 1.54) is 4.90 Å². The van der Waals surface area contributed by atoms with Crippen LogP contribution in [0.25, 0.3) is 0 Å². The Kier molecular flexibility index (Phi) is 4.21. The predicted octanol–water partition coefficient (Wildman–Crippen LogP) is 2.65. The zero-order chi connectivity index (χ0) is 15.6. The monoisotopic (exact) mass is 290 g/mol. The summed E-state index contributed by atoms with van der Waals surface area (Å²) in [6, 6.07) is 6.18. The Morgan fingerprint density at radius 2 is 2.00 bits per heavy atom. The van der Waals surface area contributed by atoms with Gasteiger partial charge in [-0.15, -0.1) is 0 Å². The largest absolute Gasteiger partial charge is 0.480 e. The summed E-state index contributed by atoms with van der Waals surface area (Å²) < 4.78 is 0. The van der Waals surface area contributed by atoms with Gasteiger partial charge in [-0.2, -0.15) is 0 Å². The van der Waals surface area contributed by atoms with Crippen molar-refractivity contribution in [1.29, 1.82) is 0 Å². The summed E-state index contributed by atoms with van der Waals surface area (Å²) in [7, 11) is 0. The molecule has 114 valence electrons. The van der Waals surface area contributed by atoms with E-state index in [2.05, 4.69) is 26.1 Å². The maximum Gasteiger partial charge on any atom is 0.327 e. The van der Waals surface area contributed by atoms with E-state index >= 15 is 0 Å². The van der Waals surface area contributed by atoms with Crippen molar-refractivity contribution in [3.8, 4) is 0 Å². The van der Waals surface area contributed by atoms with Crippen molar-refractivity contribution < 1.29 is 14.7 Å². The van der Waals surface area contributed by atoms with Crippen LogP contribution in [0.4, 0.5) is 10.5 Å². The Morgan fingerprint density at radius 1 is 1.33 bits per heavy atom. The lowest BCUT2D eigenvalue weighted by atomic mass is 9.92. The van der Waals surface area contributed by atoms with Crippen LogP contribution >= 0.6 is 0 Å². The molecule has 2 rings (SSSR count). The number of amides is 2. The van der Waals surface area contributed by atoms with Gasteiger partial charge in [-0.25, -0.2) is 9.59 Å². The molecule has 2 amide bonds. The van der Waals surface area contributed by atoms with E-state index in [1.54, 1.807) is 6.07 Å². The highest BCUT2D eigenvalue weighted by atomic mass is 16.4. The third-order valence-corrected chi connectivity index (χ3v) is 3.63. The molecule has 1 aromatic rings. The number of anilines is 1. The molecule has 21 heavy (non-hydrogen) atoms. The van der Waals surface area contributed by atoms with Crippen molar-refractivity contribution in [3.05, 3.63) is 29.8 Å². The summed E-state index contributed by atoms with van der Waals surface area (Å²) in [6.45, 7) is 6.84. The fourth-order valence-corrected chi connectivity index (χ4v) is 2.46. The normalized spacial score (nSPS) is 17.5. The van der Waals surface area contributed by atoms with Gasteiger partial charge in [0.05, 0.1) is 0 Å². The number of urea groups is 1. The number of aliphatic carboxylic acids is 1. The maximum atomic E-state index is 12.4. The Balaban J connectivity index is 2.11. The summed E-state index contributed by atoms with van der Waals surface area (Å²) in [5.41, 5.74) is 1.72. The van der Waals surface area contributed by atoms with Crippen molar-refractivity contribution in [1.82, 2.24) is 5.32 Å². The first kappa shape index (κ1) is 15.4. The topological polar surface area (TPSA) is 69.6 Å². The number of fused-ring (bicyclic) bond motifs is 1. The zero-order valence-electron chi connectivity index (χ0n) is 12.7. The number of para-hydroxylation sites is 1.